The molecule has 0 aliphatic heterocycles. The number of amides is 1. The molecule has 0 fully saturated rings. The molecule has 6 nitrogen and oxygen atoms in total. The van der Waals surface area contributed by atoms with Gasteiger partial charge in [0, 0.05) is 5.56 Å². The Bertz CT molecular complexity index is 757. The van der Waals surface area contributed by atoms with Crippen molar-refractivity contribution < 1.29 is 19.0 Å². The number of rotatable bonds is 10. The molecule has 0 unspecified atom stereocenters. The molecule has 0 radical (unpaired) electrons. The fraction of sp³-hybridized carbons (Fsp3) is 0.333. The minimum Gasteiger partial charge on any atom is -0.497 e. The Morgan fingerprint density at radius 2 is 1.81 bits per heavy atom. The van der Waals surface area contributed by atoms with Gasteiger partial charge in [-0.1, -0.05) is 19.8 Å². The third-order valence-electron chi connectivity index (χ3n) is 3.93. The standard InChI is InChI=1S/C21H26N2O4/c1-4-5-6-13-27-19-12-7-16(14-20(19)26-3)15-22-23-21(24)17-8-10-18(25-2)11-9-17/h7-12,14-15H,4-6,13H2,1-3H3,(H,23,24)/b22-15-. The highest BCUT2D eigenvalue weighted by Crippen LogP contribution is 2.27. The number of methoxy groups -OCH3 is 2. The predicted molar refractivity (Wildman–Crippen MR) is 106 cm³/mol. The lowest BCUT2D eigenvalue weighted by atomic mass is 10.2. The average Bonchev–Trinajstić information content (AvgIpc) is 2.71. The summed E-state index contributed by atoms with van der Waals surface area (Å²) in [5, 5.41) is 4.00. The van der Waals surface area contributed by atoms with Gasteiger partial charge in [0.1, 0.15) is 5.75 Å². The molecule has 0 aliphatic carbocycles. The summed E-state index contributed by atoms with van der Waals surface area (Å²) in [6.07, 6.45) is 4.87. The van der Waals surface area contributed by atoms with E-state index in [2.05, 4.69) is 17.5 Å². The van der Waals surface area contributed by atoms with E-state index >= 15 is 0 Å². The number of benzene rings is 2. The third kappa shape index (κ3) is 6.33. The zero-order chi connectivity index (χ0) is 19.5. The van der Waals surface area contributed by atoms with Crippen molar-refractivity contribution in [1.82, 2.24) is 5.43 Å². The number of hydrazone groups is 1. The minimum absolute atomic E-state index is 0.295. The molecule has 0 spiro atoms. The Morgan fingerprint density at radius 3 is 2.48 bits per heavy atom. The predicted octanol–water partition coefficient (Wildman–Crippen LogP) is 4.04. The molecule has 2 aromatic rings. The third-order valence-corrected chi connectivity index (χ3v) is 3.93. The quantitative estimate of drug-likeness (QED) is 0.389. The first kappa shape index (κ1) is 20.3. The second-order valence-electron chi connectivity index (χ2n) is 5.89. The summed E-state index contributed by atoms with van der Waals surface area (Å²) in [6.45, 7) is 2.82. The number of hydrogen-bond donors (Lipinski definition) is 1. The van der Waals surface area contributed by atoms with Crippen molar-refractivity contribution in [2.45, 2.75) is 26.2 Å². The summed E-state index contributed by atoms with van der Waals surface area (Å²) in [7, 11) is 3.18. The van der Waals surface area contributed by atoms with Crippen molar-refractivity contribution in [3.05, 3.63) is 53.6 Å². The van der Waals surface area contributed by atoms with E-state index in [1.54, 1.807) is 44.7 Å². The zero-order valence-corrected chi connectivity index (χ0v) is 16.0. The van der Waals surface area contributed by atoms with Gasteiger partial charge in [-0.15, -0.1) is 0 Å². The Labute approximate surface area is 160 Å². The van der Waals surface area contributed by atoms with Gasteiger partial charge in [-0.3, -0.25) is 4.79 Å². The summed E-state index contributed by atoms with van der Waals surface area (Å²) < 4.78 is 16.2. The highest BCUT2D eigenvalue weighted by atomic mass is 16.5. The first-order valence-corrected chi connectivity index (χ1v) is 8.96. The molecule has 0 saturated heterocycles. The molecule has 0 bridgehead atoms. The van der Waals surface area contributed by atoms with Crippen LogP contribution in [0.2, 0.25) is 0 Å². The maximum absolute atomic E-state index is 12.1. The second-order valence-corrected chi connectivity index (χ2v) is 5.89. The van der Waals surface area contributed by atoms with Crippen LogP contribution in [0.25, 0.3) is 0 Å². The largest absolute Gasteiger partial charge is 0.497 e. The van der Waals surface area contributed by atoms with E-state index in [0.29, 0.717) is 29.4 Å². The topological polar surface area (TPSA) is 69.2 Å². The lowest BCUT2D eigenvalue weighted by Gasteiger charge is -2.11. The van der Waals surface area contributed by atoms with Gasteiger partial charge in [0.2, 0.25) is 0 Å². The van der Waals surface area contributed by atoms with Crippen LogP contribution in [0.1, 0.15) is 42.1 Å². The SMILES string of the molecule is CCCCCOc1ccc(/C=N\NC(=O)c2ccc(OC)cc2)cc1OC. The molecule has 0 heterocycles. The molecule has 0 atom stereocenters. The van der Waals surface area contributed by atoms with Gasteiger partial charge >= 0.3 is 0 Å². The van der Waals surface area contributed by atoms with Crippen molar-refractivity contribution in [3.63, 3.8) is 0 Å². The second kappa shape index (κ2) is 10.9. The number of carbonyl (C=O) groups is 1. The van der Waals surface area contributed by atoms with Gasteiger partial charge in [-0.2, -0.15) is 5.10 Å². The van der Waals surface area contributed by atoms with Gasteiger partial charge in [0.25, 0.3) is 5.91 Å². The first-order valence-electron chi connectivity index (χ1n) is 8.96. The monoisotopic (exact) mass is 370 g/mol. The van der Waals surface area contributed by atoms with E-state index < -0.39 is 0 Å². The normalized spacial score (nSPS) is 10.6. The Hall–Kier alpha value is -3.02. The molecular weight excluding hydrogens is 344 g/mol. The molecule has 0 aromatic heterocycles. The van der Waals surface area contributed by atoms with E-state index in [0.717, 1.165) is 24.8 Å². The summed E-state index contributed by atoms with van der Waals surface area (Å²) in [5.74, 6) is 1.74. The molecule has 0 saturated carbocycles. The van der Waals surface area contributed by atoms with Gasteiger partial charge in [0.05, 0.1) is 27.0 Å². The van der Waals surface area contributed by atoms with Crippen LogP contribution in [-0.2, 0) is 0 Å². The fourth-order valence-corrected chi connectivity index (χ4v) is 2.39. The number of carbonyl (C=O) groups excluding carboxylic acids is 1. The summed E-state index contributed by atoms with van der Waals surface area (Å²) in [6, 6.07) is 12.3. The highest BCUT2D eigenvalue weighted by Gasteiger charge is 2.06. The highest BCUT2D eigenvalue weighted by molar-refractivity contribution is 5.95. The van der Waals surface area contributed by atoms with Crippen molar-refractivity contribution in [3.8, 4) is 17.2 Å². The number of hydrogen-bond acceptors (Lipinski definition) is 5. The Kier molecular flexibility index (Phi) is 8.16. The van der Waals surface area contributed by atoms with Crippen LogP contribution in [0.3, 0.4) is 0 Å². The van der Waals surface area contributed by atoms with Gasteiger partial charge < -0.3 is 14.2 Å². The van der Waals surface area contributed by atoms with E-state index in [1.807, 2.05) is 18.2 Å². The summed E-state index contributed by atoms with van der Waals surface area (Å²) in [5.41, 5.74) is 3.80. The van der Waals surface area contributed by atoms with E-state index in [1.165, 1.54) is 0 Å². The number of unbranched alkanes of at least 4 members (excludes halogenated alkanes) is 2. The van der Waals surface area contributed by atoms with Crippen LogP contribution in [-0.4, -0.2) is 32.9 Å². The van der Waals surface area contributed by atoms with Crippen LogP contribution in [0.5, 0.6) is 17.2 Å². The Morgan fingerprint density at radius 1 is 1.04 bits per heavy atom. The molecule has 27 heavy (non-hydrogen) atoms. The lowest BCUT2D eigenvalue weighted by Crippen LogP contribution is -2.17. The minimum atomic E-state index is -0.295. The molecule has 1 N–H and O–H groups in total. The van der Waals surface area contributed by atoms with E-state index in [-0.39, 0.29) is 5.91 Å². The molecule has 2 rings (SSSR count). The molecule has 1 amide bonds. The molecule has 2 aromatic carbocycles. The summed E-state index contributed by atoms with van der Waals surface area (Å²) in [4.78, 5) is 12.1. The van der Waals surface area contributed by atoms with Crippen LogP contribution >= 0.6 is 0 Å². The van der Waals surface area contributed by atoms with Gasteiger partial charge in [-0.25, -0.2) is 5.43 Å². The zero-order valence-electron chi connectivity index (χ0n) is 16.0. The number of nitrogens with zero attached hydrogens (tertiary/aromatic N) is 1. The van der Waals surface area contributed by atoms with E-state index in [9.17, 15) is 4.79 Å². The fourth-order valence-electron chi connectivity index (χ4n) is 2.39. The maximum atomic E-state index is 12.1. The first-order chi connectivity index (χ1) is 13.2. The van der Waals surface area contributed by atoms with Crippen molar-refractivity contribution in [2.75, 3.05) is 20.8 Å². The molecule has 6 heteroatoms. The maximum Gasteiger partial charge on any atom is 0.271 e. The molecule has 144 valence electrons. The van der Waals surface area contributed by atoms with E-state index in [4.69, 9.17) is 14.2 Å². The lowest BCUT2D eigenvalue weighted by molar-refractivity contribution is 0.0955. The van der Waals surface area contributed by atoms with Gasteiger partial charge in [0.15, 0.2) is 11.5 Å². The van der Waals surface area contributed by atoms with Gasteiger partial charge in [-0.05, 0) is 54.4 Å². The number of nitrogens with one attached hydrogen (secondary N) is 1. The van der Waals surface area contributed by atoms with Crippen LogP contribution in [0.15, 0.2) is 47.6 Å². The molecule has 0 aliphatic rings. The van der Waals surface area contributed by atoms with Crippen molar-refractivity contribution >= 4 is 12.1 Å². The van der Waals surface area contributed by atoms with Crippen LogP contribution in [0.4, 0.5) is 0 Å². The van der Waals surface area contributed by atoms with Crippen LogP contribution in [0, 0.1) is 0 Å². The smallest absolute Gasteiger partial charge is 0.271 e. The van der Waals surface area contributed by atoms with Crippen molar-refractivity contribution in [2.24, 2.45) is 5.10 Å². The average molecular weight is 370 g/mol. The Balaban J connectivity index is 1.94. The number of ether oxygens (including phenoxy) is 3. The van der Waals surface area contributed by atoms with Crippen molar-refractivity contribution in [1.29, 1.82) is 0 Å². The summed E-state index contributed by atoms with van der Waals surface area (Å²) >= 11 is 0. The van der Waals surface area contributed by atoms with Crippen LogP contribution < -0.4 is 19.6 Å². The molecular formula is C21H26N2O4.